The number of amides is 1. The first-order valence-corrected chi connectivity index (χ1v) is 11.2. The molecule has 8 nitrogen and oxygen atoms in total. The normalized spacial score (nSPS) is 22.8. The Labute approximate surface area is 192 Å². The van der Waals surface area contributed by atoms with Crippen molar-refractivity contribution in [2.75, 3.05) is 6.54 Å². The van der Waals surface area contributed by atoms with Gasteiger partial charge in [0.25, 0.3) is 5.91 Å². The molecule has 0 aromatic heterocycles. The van der Waals surface area contributed by atoms with Crippen molar-refractivity contribution < 1.29 is 14.1 Å². The van der Waals surface area contributed by atoms with Crippen molar-refractivity contribution in [3.63, 3.8) is 0 Å². The summed E-state index contributed by atoms with van der Waals surface area (Å²) in [5.41, 5.74) is 8.12. The Morgan fingerprint density at radius 3 is 2.47 bits per heavy atom. The Balaban J connectivity index is 1.79. The number of hydrogen-bond acceptors (Lipinski definition) is 7. The van der Waals surface area contributed by atoms with Gasteiger partial charge in [0.05, 0.1) is 17.2 Å². The summed E-state index contributed by atoms with van der Waals surface area (Å²) in [6.45, 7) is 15.5. The standard InChI is InChI=1S/C23H38BN5O3/c1-21(2,3)29(26)14-18(25)20(30)28-19-10-11-27-13-15-12-16(8-9-17(15)19)24-31-22(4,5)23(6,7)32-24/h8-9,12,14,19,27H,10-11,13,25-26H2,1-7H3,(H,28,30)/b18-14-/t19-/m1/s1. The molecule has 0 aliphatic carbocycles. The van der Waals surface area contributed by atoms with Gasteiger partial charge in [-0.25, -0.2) is 5.84 Å². The molecule has 0 spiro atoms. The van der Waals surface area contributed by atoms with Gasteiger partial charge in [-0.1, -0.05) is 18.2 Å². The van der Waals surface area contributed by atoms with Crippen LogP contribution >= 0.6 is 0 Å². The molecule has 176 valence electrons. The van der Waals surface area contributed by atoms with E-state index in [0.29, 0.717) is 6.54 Å². The summed E-state index contributed by atoms with van der Waals surface area (Å²) >= 11 is 0. The fourth-order valence-electron chi connectivity index (χ4n) is 3.66. The fourth-order valence-corrected chi connectivity index (χ4v) is 3.66. The molecule has 2 heterocycles. The van der Waals surface area contributed by atoms with Crippen LogP contribution in [0.1, 0.15) is 72.1 Å². The number of rotatable bonds is 4. The number of benzene rings is 1. The number of hydrazine groups is 1. The second kappa shape index (κ2) is 8.70. The lowest BCUT2D eigenvalue weighted by atomic mass is 9.77. The molecule has 6 N–H and O–H groups in total. The van der Waals surface area contributed by atoms with E-state index in [1.165, 1.54) is 11.2 Å². The third-order valence-corrected chi connectivity index (χ3v) is 6.61. The quantitative estimate of drug-likeness (QED) is 0.241. The van der Waals surface area contributed by atoms with Crippen molar-refractivity contribution in [2.45, 2.75) is 84.2 Å². The Hall–Kier alpha value is -2.07. The highest BCUT2D eigenvalue weighted by atomic mass is 16.7. The van der Waals surface area contributed by atoms with Gasteiger partial charge in [-0.05, 0) is 78.0 Å². The predicted octanol–water partition coefficient (Wildman–Crippen LogP) is 1.41. The summed E-state index contributed by atoms with van der Waals surface area (Å²) in [7, 11) is -0.423. The average Bonchev–Trinajstić information content (AvgIpc) is 2.81. The lowest BCUT2D eigenvalue weighted by Crippen LogP contribution is -2.44. The molecule has 1 saturated heterocycles. The van der Waals surface area contributed by atoms with Gasteiger partial charge in [0.1, 0.15) is 5.70 Å². The summed E-state index contributed by atoms with van der Waals surface area (Å²) in [6, 6.07) is 6.02. The maximum atomic E-state index is 12.8. The van der Waals surface area contributed by atoms with E-state index in [0.717, 1.165) is 29.6 Å². The molecule has 1 atom stereocenters. The van der Waals surface area contributed by atoms with Crippen LogP contribution in [0.4, 0.5) is 0 Å². The minimum atomic E-state index is -0.423. The molecule has 0 bridgehead atoms. The average molecular weight is 443 g/mol. The first-order chi connectivity index (χ1) is 14.7. The van der Waals surface area contributed by atoms with Gasteiger partial charge in [-0.3, -0.25) is 4.79 Å². The molecular formula is C23H38BN5O3. The van der Waals surface area contributed by atoms with Crippen LogP contribution in [0.25, 0.3) is 0 Å². The van der Waals surface area contributed by atoms with Crippen LogP contribution in [0.3, 0.4) is 0 Å². The molecule has 0 radical (unpaired) electrons. The third-order valence-electron chi connectivity index (χ3n) is 6.61. The van der Waals surface area contributed by atoms with Gasteiger partial charge in [0, 0.05) is 18.3 Å². The van der Waals surface area contributed by atoms with Crippen molar-refractivity contribution in [3.05, 3.63) is 41.2 Å². The third kappa shape index (κ3) is 5.12. The van der Waals surface area contributed by atoms with E-state index in [9.17, 15) is 4.79 Å². The van der Waals surface area contributed by atoms with Crippen LogP contribution in [-0.4, -0.2) is 41.3 Å². The second-order valence-corrected chi connectivity index (χ2v) is 10.7. The fraction of sp³-hybridized carbons (Fsp3) is 0.609. The number of nitrogens with one attached hydrogen (secondary N) is 2. The highest BCUT2D eigenvalue weighted by Crippen LogP contribution is 2.36. The van der Waals surface area contributed by atoms with E-state index in [1.54, 1.807) is 0 Å². The number of hydrogen-bond donors (Lipinski definition) is 4. The van der Waals surface area contributed by atoms with Crippen molar-refractivity contribution in [1.29, 1.82) is 0 Å². The zero-order valence-electron chi connectivity index (χ0n) is 20.4. The minimum Gasteiger partial charge on any atom is -0.399 e. The molecule has 9 heteroatoms. The maximum absolute atomic E-state index is 12.8. The molecule has 1 aromatic rings. The minimum absolute atomic E-state index is 0.0787. The Kier molecular flexibility index (Phi) is 6.68. The number of fused-ring (bicyclic) bond motifs is 1. The van der Waals surface area contributed by atoms with Gasteiger partial charge in [0.2, 0.25) is 0 Å². The molecule has 0 unspecified atom stereocenters. The molecule has 0 saturated carbocycles. The summed E-state index contributed by atoms with van der Waals surface area (Å²) in [6.07, 6.45) is 2.24. The van der Waals surface area contributed by atoms with Crippen molar-refractivity contribution in [3.8, 4) is 0 Å². The number of carbonyl (C=O) groups is 1. The lowest BCUT2D eigenvalue weighted by molar-refractivity contribution is -0.118. The summed E-state index contributed by atoms with van der Waals surface area (Å²) < 4.78 is 12.4. The molecule has 3 rings (SSSR count). The van der Waals surface area contributed by atoms with E-state index < -0.39 is 18.3 Å². The van der Waals surface area contributed by atoms with E-state index in [-0.39, 0.29) is 23.2 Å². The van der Waals surface area contributed by atoms with E-state index >= 15 is 0 Å². The van der Waals surface area contributed by atoms with Gasteiger partial charge in [0.15, 0.2) is 0 Å². The zero-order valence-corrected chi connectivity index (χ0v) is 20.4. The molecule has 1 fully saturated rings. The van der Waals surface area contributed by atoms with Gasteiger partial charge in [-0.15, -0.1) is 0 Å². The largest absolute Gasteiger partial charge is 0.494 e. The van der Waals surface area contributed by atoms with Crippen molar-refractivity contribution in [2.24, 2.45) is 11.6 Å². The van der Waals surface area contributed by atoms with Crippen LogP contribution in [-0.2, 0) is 20.6 Å². The van der Waals surface area contributed by atoms with Crippen molar-refractivity contribution >= 4 is 18.5 Å². The monoisotopic (exact) mass is 443 g/mol. The molecule has 1 amide bonds. The Bertz CT molecular complexity index is 878. The lowest BCUT2D eigenvalue weighted by Gasteiger charge is -2.32. The molecular weight excluding hydrogens is 405 g/mol. The predicted molar refractivity (Wildman–Crippen MR) is 127 cm³/mol. The zero-order chi connectivity index (χ0) is 23.9. The smallest absolute Gasteiger partial charge is 0.399 e. The van der Waals surface area contributed by atoms with Gasteiger partial charge < -0.3 is 30.7 Å². The van der Waals surface area contributed by atoms with Crippen molar-refractivity contribution in [1.82, 2.24) is 15.6 Å². The van der Waals surface area contributed by atoms with Crippen LogP contribution in [0.2, 0.25) is 0 Å². The van der Waals surface area contributed by atoms with Gasteiger partial charge >= 0.3 is 7.12 Å². The number of nitrogens with zero attached hydrogens (tertiary/aromatic N) is 1. The molecule has 1 aromatic carbocycles. The van der Waals surface area contributed by atoms with E-state index in [1.807, 2.05) is 54.5 Å². The first-order valence-electron chi connectivity index (χ1n) is 11.2. The summed E-state index contributed by atoms with van der Waals surface area (Å²) in [5.74, 6) is 5.67. The number of carbonyl (C=O) groups excluding carboxylic acids is 1. The summed E-state index contributed by atoms with van der Waals surface area (Å²) in [5, 5.41) is 7.95. The van der Waals surface area contributed by atoms with Crippen LogP contribution in [0.15, 0.2) is 30.1 Å². The van der Waals surface area contributed by atoms with E-state index in [4.69, 9.17) is 20.9 Å². The highest BCUT2D eigenvalue weighted by molar-refractivity contribution is 6.62. The maximum Gasteiger partial charge on any atom is 0.494 e. The summed E-state index contributed by atoms with van der Waals surface area (Å²) in [4.78, 5) is 12.8. The molecule has 2 aliphatic heterocycles. The molecule has 32 heavy (non-hydrogen) atoms. The Morgan fingerprint density at radius 2 is 1.88 bits per heavy atom. The second-order valence-electron chi connectivity index (χ2n) is 10.7. The molecule has 2 aliphatic rings. The van der Waals surface area contributed by atoms with Crippen LogP contribution in [0.5, 0.6) is 0 Å². The first kappa shape index (κ1) is 24.6. The Morgan fingerprint density at radius 1 is 1.25 bits per heavy atom. The highest BCUT2D eigenvalue weighted by Gasteiger charge is 2.51. The topological polar surface area (TPSA) is 115 Å². The van der Waals surface area contributed by atoms with Gasteiger partial charge in [-0.2, -0.15) is 0 Å². The van der Waals surface area contributed by atoms with Crippen LogP contribution < -0.4 is 27.7 Å². The number of nitrogens with two attached hydrogens (primary N) is 2. The SMILES string of the molecule is CC(C)(C)N(N)/C=C(\N)C(=O)N[C@@H]1CCNCc2cc(B3OC(C)(C)C(C)(C)O3)ccc21. The van der Waals surface area contributed by atoms with Crippen LogP contribution in [0, 0.1) is 0 Å². The van der Waals surface area contributed by atoms with E-state index in [2.05, 4.69) is 22.8 Å².